The molecular formula is C10H21N3O2. The van der Waals surface area contributed by atoms with Gasteiger partial charge in [0.25, 0.3) is 0 Å². The highest BCUT2D eigenvalue weighted by atomic mass is 16.2. The van der Waals surface area contributed by atoms with E-state index in [-0.39, 0.29) is 11.9 Å². The van der Waals surface area contributed by atoms with Crippen LogP contribution < -0.4 is 5.32 Å². The van der Waals surface area contributed by atoms with Gasteiger partial charge < -0.3 is 15.1 Å². The van der Waals surface area contributed by atoms with Gasteiger partial charge in [-0.15, -0.1) is 0 Å². The number of nitrogens with zero attached hydrogens (tertiary/aromatic N) is 2. The van der Waals surface area contributed by atoms with Crippen LogP contribution in [-0.2, 0) is 4.79 Å². The molecule has 0 bridgehead atoms. The lowest BCUT2D eigenvalue weighted by Gasteiger charge is -2.23. The molecule has 0 aromatic heterocycles. The Balaban J connectivity index is 4.18. The maximum absolute atomic E-state index is 11.6. The van der Waals surface area contributed by atoms with Crippen molar-refractivity contribution < 1.29 is 9.59 Å². The number of carbonyl (C=O) groups excluding carboxylic acids is 2. The molecule has 0 fully saturated rings. The minimum absolute atomic E-state index is 0.0737. The fourth-order valence-electron chi connectivity index (χ4n) is 0.987. The smallest absolute Gasteiger partial charge is 0.317 e. The Bertz CT molecular complexity index is 231. The lowest BCUT2D eigenvalue weighted by atomic mass is 10.3. The summed E-state index contributed by atoms with van der Waals surface area (Å²) in [5.41, 5.74) is 0. The molecule has 0 saturated heterocycles. The van der Waals surface area contributed by atoms with Crippen molar-refractivity contribution in [3.63, 3.8) is 0 Å². The molecule has 3 amide bonds. The molecule has 0 heterocycles. The first-order valence-corrected chi connectivity index (χ1v) is 5.20. The highest BCUT2D eigenvalue weighted by molar-refractivity contribution is 5.86. The maximum atomic E-state index is 11.6. The number of likely N-dealkylation sites (N-methyl/N-ethyl adjacent to an activating group) is 1. The Morgan fingerprint density at radius 2 is 1.60 bits per heavy atom. The Morgan fingerprint density at radius 3 is 2.00 bits per heavy atom. The minimum atomic E-state index is -0.476. The van der Waals surface area contributed by atoms with Crippen molar-refractivity contribution in [2.75, 3.05) is 27.2 Å². The molecule has 0 radical (unpaired) electrons. The average molecular weight is 215 g/mol. The summed E-state index contributed by atoms with van der Waals surface area (Å²) in [5.74, 6) is -0.0737. The average Bonchev–Trinajstić information content (AvgIpc) is 2.25. The fourth-order valence-corrected chi connectivity index (χ4v) is 0.987. The molecule has 88 valence electrons. The molecule has 1 N–H and O–H groups in total. The van der Waals surface area contributed by atoms with Crippen LogP contribution in [0.25, 0.3) is 0 Å². The van der Waals surface area contributed by atoms with Crippen LogP contribution in [0.3, 0.4) is 0 Å². The van der Waals surface area contributed by atoms with Gasteiger partial charge in [-0.05, 0) is 20.8 Å². The molecule has 0 saturated carbocycles. The normalized spacial score (nSPS) is 11.8. The Kier molecular flexibility index (Phi) is 5.74. The van der Waals surface area contributed by atoms with Crippen LogP contribution >= 0.6 is 0 Å². The van der Waals surface area contributed by atoms with E-state index in [9.17, 15) is 9.59 Å². The van der Waals surface area contributed by atoms with E-state index in [1.54, 1.807) is 25.9 Å². The summed E-state index contributed by atoms with van der Waals surface area (Å²) in [6, 6.07) is -0.695. The van der Waals surface area contributed by atoms with Crippen molar-refractivity contribution >= 4 is 11.9 Å². The third-order valence-electron chi connectivity index (χ3n) is 2.38. The molecule has 0 spiro atoms. The number of hydrogen-bond acceptors (Lipinski definition) is 2. The highest BCUT2D eigenvalue weighted by Gasteiger charge is 2.19. The quantitative estimate of drug-likeness (QED) is 0.743. The van der Waals surface area contributed by atoms with Crippen molar-refractivity contribution in [3.05, 3.63) is 0 Å². The summed E-state index contributed by atoms with van der Waals surface area (Å²) in [5, 5.41) is 2.64. The van der Waals surface area contributed by atoms with Gasteiger partial charge in [-0.25, -0.2) is 4.79 Å². The fraction of sp³-hybridized carbons (Fsp3) is 0.800. The topological polar surface area (TPSA) is 52.7 Å². The summed E-state index contributed by atoms with van der Waals surface area (Å²) in [6.45, 7) is 6.73. The molecule has 1 atom stereocenters. The highest BCUT2D eigenvalue weighted by Crippen LogP contribution is 1.93. The second-order valence-electron chi connectivity index (χ2n) is 3.54. The molecule has 0 aliphatic rings. The Labute approximate surface area is 91.4 Å². The molecule has 0 rings (SSSR count). The van der Waals surface area contributed by atoms with Crippen LogP contribution in [-0.4, -0.2) is 55.0 Å². The lowest BCUT2D eigenvalue weighted by molar-refractivity contribution is -0.131. The van der Waals surface area contributed by atoms with E-state index in [1.165, 1.54) is 4.90 Å². The van der Waals surface area contributed by atoms with Crippen molar-refractivity contribution in [3.8, 4) is 0 Å². The molecule has 5 heteroatoms. The second-order valence-corrected chi connectivity index (χ2v) is 3.54. The number of urea groups is 1. The van der Waals surface area contributed by atoms with Crippen LogP contribution in [0, 0.1) is 0 Å². The van der Waals surface area contributed by atoms with Gasteiger partial charge in [0, 0.05) is 27.2 Å². The molecule has 0 aliphatic carbocycles. The Hall–Kier alpha value is -1.26. The van der Waals surface area contributed by atoms with Gasteiger partial charge >= 0.3 is 6.03 Å². The van der Waals surface area contributed by atoms with Crippen molar-refractivity contribution in [2.45, 2.75) is 26.8 Å². The number of nitrogens with one attached hydrogen (secondary N) is 1. The zero-order chi connectivity index (χ0) is 12.0. The van der Waals surface area contributed by atoms with Crippen molar-refractivity contribution in [2.24, 2.45) is 0 Å². The molecule has 0 aromatic carbocycles. The van der Waals surface area contributed by atoms with Crippen molar-refractivity contribution in [1.82, 2.24) is 15.1 Å². The summed E-state index contributed by atoms with van der Waals surface area (Å²) >= 11 is 0. The second kappa shape index (κ2) is 6.27. The zero-order valence-electron chi connectivity index (χ0n) is 10.2. The van der Waals surface area contributed by atoms with Crippen LogP contribution in [0.4, 0.5) is 4.79 Å². The molecule has 0 aromatic rings. The van der Waals surface area contributed by atoms with Gasteiger partial charge in [0.05, 0.1) is 0 Å². The van der Waals surface area contributed by atoms with Crippen molar-refractivity contribution in [1.29, 1.82) is 0 Å². The maximum Gasteiger partial charge on any atom is 0.317 e. The van der Waals surface area contributed by atoms with Gasteiger partial charge in [0.15, 0.2) is 0 Å². The van der Waals surface area contributed by atoms with Gasteiger partial charge in [-0.3, -0.25) is 4.79 Å². The van der Waals surface area contributed by atoms with Gasteiger partial charge in [-0.2, -0.15) is 0 Å². The summed E-state index contributed by atoms with van der Waals surface area (Å²) in [6.07, 6.45) is 0. The largest absolute Gasteiger partial charge is 0.344 e. The van der Waals surface area contributed by atoms with Gasteiger partial charge in [0.2, 0.25) is 5.91 Å². The Morgan fingerprint density at radius 1 is 1.13 bits per heavy atom. The SMILES string of the molecule is CCN(C)C(=O)NC(C)C(=O)N(C)CC. The van der Waals surface area contributed by atoms with E-state index in [0.717, 1.165) is 0 Å². The third-order valence-corrected chi connectivity index (χ3v) is 2.38. The zero-order valence-corrected chi connectivity index (χ0v) is 10.2. The predicted octanol–water partition coefficient (Wildman–Crippen LogP) is 0.514. The van der Waals surface area contributed by atoms with E-state index >= 15 is 0 Å². The van der Waals surface area contributed by atoms with Crippen LogP contribution in [0.15, 0.2) is 0 Å². The van der Waals surface area contributed by atoms with Gasteiger partial charge in [0.1, 0.15) is 6.04 Å². The molecule has 15 heavy (non-hydrogen) atoms. The van der Waals surface area contributed by atoms with E-state index in [0.29, 0.717) is 13.1 Å². The molecule has 5 nitrogen and oxygen atoms in total. The number of amides is 3. The first-order valence-electron chi connectivity index (χ1n) is 5.20. The van der Waals surface area contributed by atoms with E-state index < -0.39 is 6.04 Å². The molecule has 1 unspecified atom stereocenters. The molecular weight excluding hydrogens is 194 g/mol. The summed E-state index contributed by atoms with van der Waals surface area (Å²) < 4.78 is 0. The van der Waals surface area contributed by atoms with Gasteiger partial charge in [-0.1, -0.05) is 0 Å². The number of hydrogen-bond donors (Lipinski definition) is 1. The standard InChI is InChI=1S/C10H21N3O2/c1-6-12(4)9(14)8(3)11-10(15)13(5)7-2/h8H,6-7H2,1-5H3,(H,11,15). The summed E-state index contributed by atoms with van der Waals surface area (Å²) in [7, 11) is 3.41. The van der Waals surface area contributed by atoms with E-state index in [1.807, 2.05) is 13.8 Å². The summed E-state index contributed by atoms with van der Waals surface area (Å²) in [4.78, 5) is 26.2. The van der Waals surface area contributed by atoms with E-state index in [2.05, 4.69) is 5.32 Å². The van der Waals surface area contributed by atoms with Crippen LogP contribution in [0.2, 0.25) is 0 Å². The lowest BCUT2D eigenvalue weighted by Crippen LogP contribution is -2.49. The minimum Gasteiger partial charge on any atom is -0.344 e. The number of rotatable bonds is 4. The van der Waals surface area contributed by atoms with Crippen LogP contribution in [0.1, 0.15) is 20.8 Å². The van der Waals surface area contributed by atoms with E-state index in [4.69, 9.17) is 0 Å². The van der Waals surface area contributed by atoms with Crippen LogP contribution in [0.5, 0.6) is 0 Å². The third kappa shape index (κ3) is 4.18. The predicted molar refractivity (Wildman–Crippen MR) is 59.6 cm³/mol. The first kappa shape index (κ1) is 13.7. The molecule has 0 aliphatic heterocycles. The first-order chi connectivity index (χ1) is 6.93. The monoisotopic (exact) mass is 215 g/mol. The number of carbonyl (C=O) groups is 2.